The summed E-state index contributed by atoms with van der Waals surface area (Å²) in [6, 6.07) is 16.2. The minimum absolute atomic E-state index is 0. The molecule has 0 radical (unpaired) electrons. The van der Waals surface area contributed by atoms with E-state index in [1.54, 1.807) is 19.1 Å². The molecule has 0 aliphatic carbocycles. The average molecular weight is 424 g/mol. The third kappa shape index (κ3) is 4.72. The lowest BCUT2D eigenvalue weighted by Gasteiger charge is -2.17. The van der Waals surface area contributed by atoms with Gasteiger partial charge < -0.3 is 10.6 Å². The van der Waals surface area contributed by atoms with Crippen molar-refractivity contribution in [3.05, 3.63) is 65.7 Å². The molecular formula is C20H26ClN3O3S. The summed E-state index contributed by atoms with van der Waals surface area (Å²) in [6.07, 6.45) is 0. The van der Waals surface area contributed by atoms with E-state index < -0.39 is 10.0 Å². The zero-order valence-electron chi connectivity index (χ0n) is 15.7. The van der Waals surface area contributed by atoms with Crippen molar-refractivity contribution in [3.63, 3.8) is 0 Å². The van der Waals surface area contributed by atoms with Crippen molar-refractivity contribution in [1.29, 1.82) is 0 Å². The molecule has 0 saturated carbocycles. The predicted octanol–water partition coefficient (Wildman–Crippen LogP) is 2.22. The first-order chi connectivity index (χ1) is 13.0. The highest BCUT2D eigenvalue weighted by Crippen LogP contribution is 2.32. The molecule has 3 rings (SSSR count). The van der Waals surface area contributed by atoms with Crippen LogP contribution in [0, 0.1) is 5.92 Å². The molecule has 0 unspecified atom stereocenters. The molecular weight excluding hydrogens is 398 g/mol. The molecule has 8 heteroatoms. The van der Waals surface area contributed by atoms with Gasteiger partial charge in [0.25, 0.3) is 5.91 Å². The normalized spacial score (nSPS) is 19.3. The zero-order valence-corrected chi connectivity index (χ0v) is 17.4. The van der Waals surface area contributed by atoms with Crippen molar-refractivity contribution >= 4 is 28.3 Å². The number of nitrogens with two attached hydrogens (primary N) is 1. The Hall–Kier alpha value is -1.93. The van der Waals surface area contributed by atoms with E-state index in [0.717, 1.165) is 0 Å². The van der Waals surface area contributed by atoms with Gasteiger partial charge >= 0.3 is 0 Å². The van der Waals surface area contributed by atoms with Crippen LogP contribution in [0.5, 0.6) is 0 Å². The van der Waals surface area contributed by atoms with Crippen LogP contribution in [0.2, 0.25) is 0 Å². The SMILES string of the molecule is CCNS(=O)(=O)c1ccc(C(=O)N2C[C@@H](CN)[C@H](c3ccccc3)C2)cc1.Cl. The summed E-state index contributed by atoms with van der Waals surface area (Å²) in [5, 5.41) is 0. The standard InChI is InChI=1S/C20H25N3O3S.ClH/c1-2-22-27(25,26)18-10-8-16(9-11-18)20(24)23-13-17(12-21)19(14-23)15-6-4-3-5-7-15;/h3-11,17,19,22H,2,12-14,21H2,1H3;1H/t17-,19+;/m1./s1. The second-order valence-corrected chi connectivity index (χ2v) is 8.52. The summed E-state index contributed by atoms with van der Waals surface area (Å²) in [7, 11) is -3.52. The summed E-state index contributed by atoms with van der Waals surface area (Å²) < 4.78 is 26.5. The molecule has 0 bridgehead atoms. The van der Waals surface area contributed by atoms with Gasteiger partial charge in [0.05, 0.1) is 4.90 Å². The quantitative estimate of drug-likeness (QED) is 0.745. The highest BCUT2D eigenvalue weighted by molar-refractivity contribution is 7.89. The van der Waals surface area contributed by atoms with Gasteiger partial charge in [-0.25, -0.2) is 13.1 Å². The van der Waals surface area contributed by atoms with E-state index >= 15 is 0 Å². The van der Waals surface area contributed by atoms with Crippen molar-refractivity contribution in [1.82, 2.24) is 9.62 Å². The summed E-state index contributed by atoms with van der Waals surface area (Å²) in [6.45, 7) is 3.77. The summed E-state index contributed by atoms with van der Waals surface area (Å²) in [4.78, 5) is 14.9. The fraction of sp³-hybridized carbons (Fsp3) is 0.350. The lowest BCUT2D eigenvalue weighted by atomic mass is 9.89. The Morgan fingerprint density at radius 3 is 2.32 bits per heavy atom. The van der Waals surface area contributed by atoms with Gasteiger partial charge in [-0.1, -0.05) is 37.3 Å². The second-order valence-electron chi connectivity index (χ2n) is 6.75. The summed E-state index contributed by atoms with van der Waals surface area (Å²) in [5.41, 5.74) is 7.62. The van der Waals surface area contributed by atoms with Gasteiger partial charge in [-0.2, -0.15) is 0 Å². The number of rotatable bonds is 6. The Bertz CT molecular complexity index is 889. The van der Waals surface area contributed by atoms with Gasteiger partial charge in [-0.3, -0.25) is 4.79 Å². The van der Waals surface area contributed by atoms with E-state index in [0.29, 0.717) is 31.7 Å². The largest absolute Gasteiger partial charge is 0.338 e. The molecule has 1 fully saturated rings. The van der Waals surface area contributed by atoms with Gasteiger partial charge in [-0.05, 0) is 42.3 Å². The van der Waals surface area contributed by atoms with Crippen molar-refractivity contribution in [2.24, 2.45) is 11.7 Å². The van der Waals surface area contributed by atoms with Crippen molar-refractivity contribution in [3.8, 4) is 0 Å². The Morgan fingerprint density at radius 1 is 1.11 bits per heavy atom. The molecule has 1 saturated heterocycles. The van der Waals surface area contributed by atoms with Crippen LogP contribution in [0.4, 0.5) is 0 Å². The Kier molecular flexibility index (Phi) is 7.60. The van der Waals surface area contributed by atoms with E-state index in [1.165, 1.54) is 17.7 Å². The van der Waals surface area contributed by atoms with Crippen LogP contribution in [0.1, 0.15) is 28.8 Å². The maximum Gasteiger partial charge on any atom is 0.253 e. The zero-order chi connectivity index (χ0) is 19.4. The smallest absolute Gasteiger partial charge is 0.253 e. The van der Waals surface area contributed by atoms with Crippen LogP contribution in [0.3, 0.4) is 0 Å². The number of nitrogens with zero attached hydrogens (tertiary/aromatic N) is 1. The molecule has 28 heavy (non-hydrogen) atoms. The topological polar surface area (TPSA) is 92.5 Å². The lowest BCUT2D eigenvalue weighted by molar-refractivity contribution is 0.0786. The van der Waals surface area contributed by atoms with Crippen LogP contribution in [0.25, 0.3) is 0 Å². The monoisotopic (exact) mass is 423 g/mol. The van der Waals surface area contributed by atoms with E-state index in [2.05, 4.69) is 16.9 Å². The number of benzene rings is 2. The van der Waals surface area contributed by atoms with Gasteiger partial charge in [0.15, 0.2) is 0 Å². The molecule has 2 atom stereocenters. The maximum absolute atomic E-state index is 12.9. The Morgan fingerprint density at radius 2 is 1.75 bits per heavy atom. The Labute approximate surface area is 172 Å². The number of carbonyl (C=O) groups excluding carboxylic acids is 1. The molecule has 1 aliphatic heterocycles. The molecule has 152 valence electrons. The molecule has 1 heterocycles. The van der Waals surface area contributed by atoms with Gasteiger partial charge in [0.1, 0.15) is 0 Å². The third-order valence-electron chi connectivity index (χ3n) is 5.00. The summed E-state index contributed by atoms with van der Waals surface area (Å²) in [5.74, 6) is 0.331. The molecule has 1 amide bonds. The first-order valence-electron chi connectivity index (χ1n) is 9.10. The number of halogens is 1. The van der Waals surface area contributed by atoms with Crippen LogP contribution in [-0.2, 0) is 10.0 Å². The van der Waals surface area contributed by atoms with Crippen LogP contribution < -0.4 is 10.5 Å². The molecule has 6 nitrogen and oxygen atoms in total. The number of nitrogens with one attached hydrogen (secondary N) is 1. The Balaban J connectivity index is 0.00000280. The van der Waals surface area contributed by atoms with Gasteiger partial charge in [-0.15, -0.1) is 12.4 Å². The van der Waals surface area contributed by atoms with E-state index in [9.17, 15) is 13.2 Å². The van der Waals surface area contributed by atoms with Crippen molar-refractivity contribution in [2.45, 2.75) is 17.7 Å². The number of amides is 1. The first-order valence-corrected chi connectivity index (χ1v) is 10.6. The van der Waals surface area contributed by atoms with E-state index in [-0.39, 0.29) is 35.0 Å². The van der Waals surface area contributed by atoms with E-state index in [1.807, 2.05) is 23.1 Å². The van der Waals surface area contributed by atoms with Crippen molar-refractivity contribution < 1.29 is 13.2 Å². The maximum atomic E-state index is 12.9. The fourth-order valence-electron chi connectivity index (χ4n) is 3.59. The molecule has 2 aromatic carbocycles. The van der Waals surface area contributed by atoms with Crippen LogP contribution >= 0.6 is 12.4 Å². The fourth-order valence-corrected chi connectivity index (χ4v) is 4.63. The van der Waals surface area contributed by atoms with E-state index in [4.69, 9.17) is 5.73 Å². The number of hydrogen-bond donors (Lipinski definition) is 2. The molecule has 0 aromatic heterocycles. The average Bonchev–Trinajstić information content (AvgIpc) is 3.12. The minimum atomic E-state index is -3.52. The molecule has 1 aliphatic rings. The predicted molar refractivity (Wildman–Crippen MR) is 112 cm³/mol. The lowest BCUT2D eigenvalue weighted by Crippen LogP contribution is -2.30. The van der Waals surface area contributed by atoms with Crippen LogP contribution in [-0.4, -0.2) is 45.4 Å². The summed E-state index contributed by atoms with van der Waals surface area (Å²) >= 11 is 0. The molecule has 0 spiro atoms. The first kappa shape index (κ1) is 22.4. The minimum Gasteiger partial charge on any atom is -0.338 e. The van der Waals surface area contributed by atoms with Gasteiger partial charge in [0.2, 0.25) is 10.0 Å². The molecule has 2 aromatic rings. The highest BCUT2D eigenvalue weighted by Gasteiger charge is 2.35. The number of sulfonamides is 1. The van der Waals surface area contributed by atoms with Gasteiger partial charge in [0, 0.05) is 31.1 Å². The second kappa shape index (κ2) is 9.52. The molecule has 3 N–H and O–H groups in total. The number of carbonyl (C=O) groups is 1. The highest BCUT2D eigenvalue weighted by atomic mass is 35.5. The van der Waals surface area contributed by atoms with Crippen molar-refractivity contribution in [2.75, 3.05) is 26.2 Å². The number of likely N-dealkylation sites (tertiary alicyclic amines) is 1. The third-order valence-corrected chi connectivity index (χ3v) is 6.57. The number of hydrogen-bond acceptors (Lipinski definition) is 4. The van der Waals surface area contributed by atoms with Crippen LogP contribution in [0.15, 0.2) is 59.5 Å².